The molecule has 1 aromatic heterocycles. The number of nitrogens with one attached hydrogen (secondary N) is 1. The van der Waals surface area contributed by atoms with Crippen molar-refractivity contribution >= 4 is 21.6 Å². The predicted molar refractivity (Wildman–Crippen MR) is 76.4 cm³/mol. The van der Waals surface area contributed by atoms with E-state index in [0.29, 0.717) is 0 Å². The second kappa shape index (κ2) is 5.50. The van der Waals surface area contributed by atoms with Crippen LogP contribution in [0.2, 0.25) is 0 Å². The summed E-state index contributed by atoms with van der Waals surface area (Å²) in [6, 6.07) is 11.7. The molecule has 0 amide bonds. The Hall–Kier alpha value is -1.39. The molecule has 2 aromatic rings. The summed E-state index contributed by atoms with van der Waals surface area (Å²) in [5, 5.41) is 13.0. The SMILES string of the molecule is CC(CO)(Nc1ccc(Br)cc1)c1cccnc1. The smallest absolute Gasteiger partial charge is 0.0843 e. The van der Waals surface area contributed by atoms with Crippen LogP contribution in [0.15, 0.2) is 53.3 Å². The molecule has 18 heavy (non-hydrogen) atoms. The number of hydrogen-bond donors (Lipinski definition) is 2. The molecule has 0 bridgehead atoms. The number of anilines is 1. The summed E-state index contributed by atoms with van der Waals surface area (Å²) in [6.45, 7) is 1.95. The van der Waals surface area contributed by atoms with E-state index < -0.39 is 5.54 Å². The molecule has 0 aliphatic heterocycles. The molecule has 94 valence electrons. The zero-order valence-electron chi connectivity index (χ0n) is 10.1. The molecule has 0 spiro atoms. The normalized spacial score (nSPS) is 13.9. The van der Waals surface area contributed by atoms with Crippen molar-refractivity contribution < 1.29 is 5.11 Å². The molecule has 4 heteroatoms. The largest absolute Gasteiger partial charge is 0.394 e. The maximum absolute atomic E-state index is 9.66. The van der Waals surface area contributed by atoms with Crippen LogP contribution in [-0.2, 0) is 5.54 Å². The number of benzene rings is 1. The van der Waals surface area contributed by atoms with Crippen LogP contribution in [0.4, 0.5) is 5.69 Å². The van der Waals surface area contributed by atoms with Gasteiger partial charge >= 0.3 is 0 Å². The lowest BCUT2D eigenvalue weighted by molar-refractivity contribution is 0.224. The van der Waals surface area contributed by atoms with Gasteiger partial charge in [-0.05, 0) is 42.8 Å². The minimum atomic E-state index is -0.540. The quantitative estimate of drug-likeness (QED) is 0.912. The second-order valence-corrected chi connectivity index (χ2v) is 5.28. The number of aliphatic hydroxyl groups excluding tert-OH is 1. The summed E-state index contributed by atoms with van der Waals surface area (Å²) in [5.74, 6) is 0. The van der Waals surface area contributed by atoms with Crippen LogP contribution in [0, 0.1) is 0 Å². The molecule has 1 unspecified atom stereocenters. The van der Waals surface area contributed by atoms with Crippen molar-refractivity contribution in [2.24, 2.45) is 0 Å². The standard InChI is InChI=1S/C14H15BrN2O/c1-14(10-18,11-3-2-8-16-9-11)17-13-6-4-12(15)5-7-13/h2-9,17-18H,10H2,1H3. The zero-order valence-corrected chi connectivity index (χ0v) is 11.7. The fraction of sp³-hybridized carbons (Fsp3) is 0.214. The van der Waals surface area contributed by atoms with E-state index in [1.54, 1.807) is 12.4 Å². The van der Waals surface area contributed by atoms with Gasteiger partial charge in [0.05, 0.1) is 12.1 Å². The first-order valence-corrected chi connectivity index (χ1v) is 6.48. The predicted octanol–water partition coefficient (Wildman–Crippen LogP) is 3.16. The topological polar surface area (TPSA) is 45.1 Å². The molecule has 1 atom stereocenters. The highest BCUT2D eigenvalue weighted by molar-refractivity contribution is 9.10. The lowest BCUT2D eigenvalue weighted by atomic mass is 9.94. The lowest BCUT2D eigenvalue weighted by Gasteiger charge is -2.30. The van der Waals surface area contributed by atoms with Crippen LogP contribution in [0.25, 0.3) is 0 Å². The van der Waals surface area contributed by atoms with E-state index in [-0.39, 0.29) is 6.61 Å². The van der Waals surface area contributed by atoms with Crippen molar-refractivity contribution in [3.63, 3.8) is 0 Å². The van der Waals surface area contributed by atoms with Crippen molar-refractivity contribution in [3.8, 4) is 0 Å². The van der Waals surface area contributed by atoms with Crippen LogP contribution in [0.3, 0.4) is 0 Å². The summed E-state index contributed by atoms with van der Waals surface area (Å²) in [6.07, 6.45) is 3.49. The molecule has 1 aromatic carbocycles. The molecule has 3 nitrogen and oxygen atoms in total. The number of rotatable bonds is 4. The van der Waals surface area contributed by atoms with Crippen LogP contribution in [0.1, 0.15) is 12.5 Å². The second-order valence-electron chi connectivity index (χ2n) is 4.36. The average Bonchev–Trinajstić information content (AvgIpc) is 2.42. The number of halogens is 1. The Morgan fingerprint density at radius 1 is 1.28 bits per heavy atom. The molecule has 0 aliphatic carbocycles. The first-order valence-electron chi connectivity index (χ1n) is 5.69. The third-order valence-electron chi connectivity index (χ3n) is 2.88. The minimum Gasteiger partial charge on any atom is -0.394 e. The van der Waals surface area contributed by atoms with Crippen LogP contribution < -0.4 is 5.32 Å². The fourth-order valence-corrected chi connectivity index (χ4v) is 2.01. The zero-order chi connectivity index (χ0) is 13.0. The first kappa shape index (κ1) is 13.1. The Balaban J connectivity index is 2.26. The Morgan fingerprint density at radius 2 is 2.00 bits per heavy atom. The third kappa shape index (κ3) is 2.89. The molecule has 0 radical (unpaired) electrons. The van der Waals surface area contributed by atoms with Gasteiger partial charge in [0.2, 0.25) is 0 Å². The maximum atomic E-state index is 9.66. The van der Waals surface area contributed by atoms with E-state index in [2.05, 4.69) is 26.2 Å². The van der Waals surface area contributed by atoms with E-state index in [4.69, 9.17) is 0 Å². The highest BCUT2D eigenvalue weighted by Gasteiger charge is 2.25. The Labute approximate surface area is 115 Å². The highest BCUT2D eigenvalue weighted by Crippen LogP contribution is 2.25. The van der Waals surface area contributed by atoms with Crippen molar-refractivity contribution in [1.82, 2.24) is 4.98 Å². The Bertz CT molecular complexity index is 501. The van der Waals surface area contributed by atoms with Gasteiger partial charge in [0.15, 0.2) is 0 Å². The highest BCUT2D eigenvalue weighted by atomic mass is 79.9. The fourth-order valence-electron chi connectivity index (χ4n) is 1.74. The number of nitrogens with zero attached hydrogens (tertiary/aromatic N) is 1. The summed E-state index contributed by atoms with van der Waals surface area (Å²) in [5.41, 5.74) is 1.37. The van der Waals surface area contributed by atoms with Gasteiger partial charge in [-0.3, -0.25) is 4.98 Å². The number of aliphatic hydroxyl groups is 1. The minimum absolute atomic E-state index is 0.00520. The van der Waals surface area contributed by atoms with Gasteiger partial charge < -0.3 is 10.4 Å². The van der Waals surface area contributed by atoms with Gasteiger partial charge in [0.1, 0.15) is 0 Å². The van der Waals surface area contributed by atoms with Crippen molar-refractivity contribution in [3.05, 3.63) is 58.8 Å². The molecule has 0 saturated heterocycles. The summed E-state index contributed by atoms with van der Waals surface area (Å²) < 4.78 is 1.03. The van der Waals surface area contributed by atoms with E-state index >= 15 is 0 Å². The summed E-state index contributed by atoms with van der Waals surface area (Å²) in [7, 11) is 0. The van der Waals surface area contributed by atoms with Gasteiger partial charge in [-0.15, -0.1) is 0 Å². The lowest BCUT2D eigenvalue weighted by Crippen LogP contribution is -2.35. The monoisotopic (exact) mass is 306 g/mol. The third-order valence-corrected chi connectivity index (χ3v) is 3.41. The summed E-state index contributed by atoms with van der Waals surface area (Å²) >= 11 is 3.40. The molecule has 2 N–H and O–H groups in total. The number of pyridine rings is 1. The van der Waals surface area contributed by atoms with Gasteiger partial charge in [-0.2, -0.15) is 0 Å². The molecule has 0 saturated carbocycles. The van der Waals surface area contributed by atoms with E-state index in [9.17, 15) is 5.11 Å². The first-order chi connectivity index (χ1) is 8.64. The van der Waals surface area contributed by atoms with Gasteiger partial charge in [0, 0.05) is 22.6 Å². The maximum Gasteiger partial charge on any atom is 0.0843 e. The van der Waals surface area contributed by atoms with E-state index in [0.717, 1.165) is 15.7 Å². The number of hydrogen-bond acceptors (Lipinski definition) is 3. The summed E-state index contributed by atoms with van der Waals surface area (Å²) in [4.78, 5) is 4.10. The van der Waals surface area contributed by atoms with E-state index in [1.807, 2.05) is 43.3 Å². The van der Waals surface area contributed by atoms with Crippen molar-refractivity contribution in [2.45, 2.75) is 12.5 Å². The number of aromatic nitrogens is 1. The van der Waals surface area contributed by atoms with E-state index in [1.165, 1.54) is 0 Å². The van der Waals surface area contributed by atoms with Crippen molar-refractivity contribution in [2.75, 3.05) is 11.9 Å². The van der Waals surface area contributed by atoms with Gasteiger partial charge in [-0.25, -0.2) is 0 Å². The molecule has 1 heterocycles. The molecule has 0 fully saturated rings. The van der Waals surface area contributed by atoms with Gasteiger partial charge in [0.25, 0.3) is 0 Å². The Kier molecular flexibility index (Phi) is 3.99. The van der Waals surface area contributed by atoms with Crippen molar-refractivity contribution in [1.29, 1.82) is 0 Å². The van der Waals surface area contributed by atoms with Crippen LogP contribution in [-0.4, -0.2) is 16.7 Å². The molecule has 2 rings (SSSR count). The molecular formula is C14H15BrN2O. The Morgan fingerprint density at radius 3 is 2.56 bits per heavy atom. The average molecular weight is 307 g/mol. The molecule has 0 aliphatic rings. The van der Waals surface area contributed by atoms with Gasteiger partial charge in [-0.1, -0.05) is 22.0 Å². The van der Waals surface area contributed by atoms with Crippen LogP contribution >= 0.6 is 15.9 Å². The van der Waals surface area contributed by atoms with Crippen LogP contribution in [0.5, 0.6) is 0 Å². The molecular weight excluding hydrogens is 292 g/mol.